The number of carbonyl (C=O) groups is 1. The molecule has 1 aromatic heterocycles. The van der Waals surface area contributed by atoms with Crippen LogP contribution in [0.15, 0.2) is 70.9 Å². The summed E-state index contributed by atoms with van der Waals surface area (Å²) >= 11 is 6.92. The molecule has 1 heterocycles. The molecule has 2 N–H and O–H groups in total. The molecule has 0 bridgehead atoms. The summed E-state index contributed by atoms with van der Waals surface area (Å²) < 4.78 is 27.3. The molecule has 0 radical (unpaired) electrons. The van der Waals surface area contributed by atoms with Crippen molar-refractivity contribution in [3.05, 3.63) is 75.9 Å². The summed E-state index contributed by atoms with van der Waals surface area (Å²) in [6.45, 7) is 0. The lowest BCUT2D eigenvalue weighted by molar-refractivity contribution is 0.103. The Hall–Kier alpha value is -2.35. The van der Waals surface area contributed by atoms with Crippen LogP contribution in [0.4, 0.5) is 11.4 Å². The number of hydrogen-bond acceptors (Lipinski definition) is 4. The number of amides is 1. The lowest BCUT2D eigenvalue weighted by Gasteiger charge is -2.06. The van der Waals surface area contributed by atoms with E-state index in [0.29, 0.717) is 21.3 Å². The highest BCUT2D eigenvalue weighted by molar-refractivity contribution is 7.92. The minimum atomic E-state index is -3.79. The maximum atomic E-state index is 12.4. The SMILES string of the molecule is O=C(Nc1ccccc1)c1cc(S(=O)(=O)Nc2cccc(Cl)c2)cs1. The van der Waals surface area contributed by atoms with Crippen LogP contribution >= 0.6 is 22.9 Å². The second-order valence-electron chi connectivity index (χ2n) is 5.08. The van der Waals surface area contributed by atoms with E-state index in [1.807, 2.05) is 6.07 Å². The molecule has 2 aromatic carbocycles. The molecule has 0 aliphatic carbocycles. The Morgan fingerprint density at radius 3 is 2.40 bits per heavy atom. The summed E-state index contributed by atoms with van der Waals surface area (Å²) in [6, 6.07) is 16.7. The fourth-order valence-corrected chi connectivity index (χ4v) is 4.47. The van der Waals surface area contributed by atoms with Crippen LogP contribution in [0.1, 0.15) is 9.67 Å². The van der Waals surface area contributed by atoms with Crippen LogP contribution in [0.2, 0.25) is 5.02 Å². The second-order valence-corrected chi connectivity index (χ2v) is 8.11. The molecule has 3 rings (SSSR count). The number of anilines is 2. The van der Waals surface area contributed by atoms with Gasteiger partial charge in [0, 0.05) is 16.1 Å². The Labute approximate surface area is 154 Å². The Bertz CT molecular complexity index is 1000. The van der Waals surface area contributed by atoms with Crippen LogP contribution in [-0.4, -0.2) is 14.3 Å². The van der Waals surface area contributed by atoms with Crippen molar-refractivity contribution in [2.24, 2.45) is 0 Å². The number of para-hydroxylation sites is 1. The first-order chi connectivity index (χ1) is 11.9. The van der Waals surface area contributed by atoms with Crippen LogP contribution in [0.5, 0.6) is 0 Å². The van der Waals surface area contributed by atoms with E-state index in [-0.39, 0.29) is 10.8 Å². The molecule has 5 nitrogen and oxygen atoms in total. The lowest BCUT2D eigenvalue weighted by atomic mass is 10.3. The lowest BCUT2D eigenvalue weighted by Crippen LogP contribution is -2.13. The third-order valence-corrected chi connectivity index (χ3v) is 5.89. The van der Waals surface area contributed by atoms with E-state index in [4.69, 9.17) is 11.6 Å². The molecule has 0 aliphatic rings. The number of nitrogens with one attached hydrogen (secondary N) is 2. The van der Waals surface area contributed by atoms with Gasteiger partial charge in [-0.3, -0.25) is 9.52 Å². The Morgan fingerprint density at radius 1 is 0.960 bits per heavy atom. The van der Waals surface area contributed by atoms with E-state index < -0.39 is 10.0 Å². The van der Waals surface area contributed by atoms with Crippen molar-refractivity contribution < 1.29 is 13.2 Å². The Kier molecular flexibility index (Phi) is 5.08. The Balaban J connectivity index is 1.77. The monoisotopic (exact) mass is 392 g/mol. The van der Waals surface area contributed by atoms with Crippen molar-refractivity contribution in [3.63, 3.8) is 0 Å². The molecule has 1 amide bonds. The van der Waals surface area contributed by atoms with Gasteiger partial charge in [-0.05, 0) is 36.4 Å². The van der Waals surface area contributed by atoms with Gasteiger partial charge in [-0.2, -0.15) is 0 Å². The fraction of sp³-hybridized carbons (Fsp3) is 0. The predicted molar refractivity (Wildman–Crippen MR) is 101 cm³/mol. The highest BCUT2D eigenvalue weighted by Gasteiger charge is 2.19. The molecule has 128 valence electrons. The summed E-state index contributed by atoms with van der Waals surface area (Å²) in [5.41, 5.74) is 0.997. The molecular weight excluding hydrogens is 380 g/mol. The minimum Gasteiger partial charge on any atom is -0.321 e. The molecule has 3 aromatic rings. The molecule has 0 spiro atoms. The van der Waals surface area contributed by atoms with Gasteiger partial charge in [-0.15, -0.1) is 11.3 Å². The zero-order valence-corrected chi connectivity index (χ0v) is 15.2. The van der Waals surface area contributed by atoms with Crippen LogP contribution in [0.25, 0.3) is 0 Å². The standard InChI is InChI=1S/C17H13ClN2O3S2/c18-12-5-4-8-14(9-12)20-25(22,23)15-10-16(24-11-15)17(21)19-13-6-2-1-3-7-13/h1-11,20H,(H,19,21). The number of sulfonamides is 1. The van der Waals surface area contributed by atoms with Gasteiger partial charge in [0.2, 0.25) is 0 Å². The van der Waals surface area contributed by atoms with Gasteiger partial charge in [0.15, 0.2) is 0 Å². The molecule has 0 fully saturated rings. The first kappa shape index (κ1) is 17.5. The normalized spacial score (nSPS) is 11.1. The quantitative estimate of drug-likeness (QED) is 0.673. The van der Waals surface area contributed by atoms with E-state index in [1.165, 1.54) is 17.5 Å². The molecule has 0 unspecified atom stereocenters. The summed E-state index contributed by atoms with van der Waals surface area (Å²) in [6.07, 6.45) is 0. The van der Waals surface area contributed by atoms with Crippen molar-refractivity contribution in [1.82, 2.24) is 0 Å². The van der Waals surface area contributed by atoms with E-state index in [1.54, 1.807) is 42.5 Å². The van der Waals surface area contributed by atoms with Crippen molar-refractivity contribution >= 4 is 50.2 Å². The summed E-state index contributed by atoms with van der Waals surface area (Å²) in [7, 11) is -3.79. The molecule has 8 heteroatoms. The van der Waals surface area contributed by atoms with E-state index in [0.717, 1.165) is 11.3 Å². The third-order valence-electron chi connectivity index (χ3n) is 3.22. The molecule has 0 atom stereocenters. The van der Waals surface area contributed by atoms with Crippen LogP contribution in [0.3, 0.4) is 0 Å². The van der Waals surface area contributed by atoms with Gasteiger partial charge in [0.05, 0.1) is 15.5 Å². The van der Waals surface area contributed by atoms with E-state index in [2.05, 4.69) is 10.0 Å². The highest BCUT2D eigenvalue weighted by atomic mass is 35.5. The largest absolute Gasteiger partial charge is 0.321 e. The van der Waals surface area contributed by atoms with Crippen molar-refractivity contribution in [3.8, 4) is 0 Å². The zero-order chi connectivity index (χ0) is 17.9. The maximum Gasteiger partial charge on any atom is 0.265 e. The van der Waals surface area contributed by atoms with Crippen LogP contribution < -0.4 is 10.0 Å². The average molecular weight is 393 g/mol. The first-order valence-electron chi connectivity index (χ1n) is 7.17. The van der Waals surface area contributed by atoms with Gasteiger partial charge in [0.25, 0.3) is 15.9 Å². The zero-order valence-electron chi connectivity index (χ0n) is 12.8. The number of thiophene rings is 1. The Morgan fingerprint density at radius 2 is 1.68 bits per heavy atom. The van der Waals surface area contributed by atoms with E-state index in [9.17, 15) is 13.2 Å². The molecule has 0 saturated carbocycles. The number of benzene rings is 2. The van der Waals surface area contributed by atoms with Gasteiger partial charge in [0.1, 0.15) is 0 Å². The minimum absolute atomic E-state index is 0.0238. The molecule has 0 saturated heterocycles. The highest BCUT2D eigenvalue weighted by Crippen LogP contribution is 2.24. The molecular formula is C17H13ClN2O3S2. The van der Waals surface area contributed by atoms with Crippen molar-refractivity contribution in [2.45, 2.75) is 4.90 Å². The van der Waals surface area contributed by atoms with Gasteiger partial charge >= 0.3 is 0 Å². The third kappa shape index (κ3) is 4.39. The first-order valence-corrected chi connectivity index (χ1v) is 9.91. The number of carbonyl (C=O) groups excluding carboxylic acids is 1. The van der Waals surface area contributed by atoms with Crippen LogP contribution in [0, 0.1) is 0 Å². The van der Waals surface area contributed by atoms with Crippen LogP contribution in [-0.2, 0) is 10.0 Å². The smallest absolute Gasteiger partial charge is 0.265 e. The topological polar surface area (TPSA) is 75.3 Å². The van der Waals surface area contributed by atoms with Crippen molar-refractivity contribution in [2.75, 3.05) is 10.0 Å². The van der Waals surface area contributed by atoms with Gasteiger partial charge in [-0.1, -0.05) is 35.9 Å². The average Bonchev–Trinajstić information content (AvgIpc) is 3.06. The molecule has 0 aliphatic heterocycles. The van der Waals surface area contributed by atoms with Crippen molar-refractivity contribution in [1.29, 1.82) is 0 Å². The summed E-state index contributed by atoms with van der Waals surface area (Å²) in [5.74, 6) is -0.361. The summed E-state index contributed by atoms with van der Waals surface area (Å²) in [4.78, 5) is 12.5. The maximum absolute atomic E-state index is 12.4. The molecule has 25 heavy (non-hydrogen) atoms. The van der Waals surface area contributed by atoms with Gasteiger partial charge in [-0.25, -0.2) is 8.42 Å². The van der Waals surface area contributed by atoms with E-state index >= 15 is 0 Å². The predicted octanol–water partition coefficient (Wildman–Crippen LogP) is 4.45. The number of halogens is 1. The summed E-state index contributed by atoms with van der Waals surface area (Å²) in [5, 5.41) is 4.57. The second kappa shape index (κ2) is 7.26. The number of hydrogen-bond donors (Lipinski definition) is 2. The van der Waals surface area contributed by atoms with Gasteiger partial charge < -0.3 is 5.32 Å². The fourth-order valence-electron chi connectivity index (χ4n) is 2.06. The number of rotatable bonds is 5.